The molecule has 6 nitrogen and oxygen atoms in total. The first kappa shape index (κ1) is 20.7. The minimum absolute atomic E-state index is 0.0674. The second-order valence-corrected chi connectivity index (χ2v) is 9.28. The quantitative estimate of drug-likeness (QED) is 0.323. The molecule has 0 saturated carbocycles. The maximum atomic E-state index is 11.9. The monoisotopic (exact) mass is 450 g/mol. The Hall–Kier alpha value is -2.07. The third-order valence-electron chi connectivity index (χ3n) is 3.34. The molecule has 0 atom stereocenters. The van der Waals surface area contributed by atoms with Crippen LogP contribution in [0.3, 0.4) is 0 Å². The van der Waals surface area contributed by atoms with Crippen molar-refractivity contribution >= 4 is 58.6 Å². The van der Waals surface area contributed by atoms with Crippen molar-refractivity contribution in [1.82, 2.24) is 10.5 Å². The van der Waals surface area contributed by atoms with Crippen LogP contribution in [0.15, 0.2) is 62.3 Å². The molecular formula is C18H15ClN4O2S3. The van der Waals surface area contributed by atoms with Gasteiger partial charge in [-0.25, -0.2) is 5.43 Å². The largest absolute Gasteiger partial charge is 0.872 e. The molecule has 0 radical (unpaired) electrons. The Morgan fingerprint density at radius 2 is 2.04 bits per heavy atom. The molecule has 0 bridgehead atoms. The van der Waals surface area contributed by atoms with Crippen LogP contribution in [-0.4, -0.2) is 23.0 Å². The number of amides is 1. The molecular weight excluding hydrogens is 436 g/mol. The van der Waals surface area contributed by atoms with Gasteiger partial charge >= 0.3 is 4.34 Å². The Morgan fingerprint density at radius 3 is 2.82 bits per heavy atom. The molecule has 0 spiro atoms. The van der Waals surface area contributed by atoms with Gasteiger partial charge in [-0.15, -0.1) is 5.75 Å². The summed E-state index contributed by atoms with van der Waals surface area (Å²) in [6, 6.07) is 13.9. The lowest BCUT2D eigenvalue weighted by Crippen LogP contribution is -2.19. The van der Waals surface area contributed by atoms with E-state index in [0.717, 1.165) is 30.6 Å². The van der Waals surface area contributed by atoms with E-state index < -0.39 is 0 Å². The van der Waals surface area contributed by atoms with Gasteiger partial charge in [-0.05, 0) is 40.3 Å². The van der Waals surface area contributed by atoms with Crippen LogP contribution in [-0.2, 0) is 10.5 Å². The number of carbonyl (C=O) groups is 1. The van der Waals surface area contributed by atoms with Crippen LogP contribution in [0.2, 0.25) is 5.02 Å². The number of aromatic nitrogens is 2. The molecule has 2 aromatic carbocycles. The molecule has 0 unspecified atom stereocenters. The summed E-state index contributed by atoms with van der Waals surface area (Å²) in [4.78, 5) is 11.9. The van der Waals surface area contributed by atoms with Crippen LogP contribution in [0.5, 0.6) is 5.75 Å². The number of carbonyl (C=O) groups excluding carboxylic acids is 1. The van der Waals surface area contributed by atoms with Gasteiger partial charge in [0.1, 0.15) is 0 Å². The number of rotatable bonds is 8. The fourth-order valence-corrected chi connectivity index (χ4v) is 5.16. The number of thioether (sulfide) groups is 2. The second kappa shape index (κ2) is 10.5. The van der Waals surface area contributed by atoms with Crippen molar-refractivity contribution in [3.05, 3.63) is 64.7 Å². The summed E-state index contributed by atoms with van der Waals surface area (Å²) >= 11 is 10.6. The molecule has 1 heterocycles. The fourth-order valence-electron chi connectivity index (χ4n) is 1.99. The average Bonchev–Trinajstić information content (AvgIpc) is 3.15. The van der Waals surface area contributed by atoms with E-state index in [-0.39, 0.29) is 17.4 Å². The van der Waals surface area contributed by atoms with Gasteiger partial charge in [0.05, 0.1) is 12.0 Å². The number of hydrogen-bond acceptors (Lipinski definition) is 7. The topological polar surface area (TPSA) is 91.6 Å². The molecule has 1 amide bonds. The van der Waals surface area contributed by atoms with Crippen molar-refractivity contribution in [2.45, 2.75) is 14.4 Å². The molecule has 0 aliphatic carbocycles. The highest BCUT2D eigenvalue weighted by molar-refractivity contribution is 8.03. The van der Waals surface area contributed by atoms with Gasteiger partial charge < -0.3 is 5.11 Å². The fraction of sp³-hybridized carbons (Fsp3) is 0.111. The minimum atomic E-state index is -0.234. The lowest BCUT2D eigenvalue weighted by Gasteiger charge is -2.02. The number of halogens is 1. The molecule has 2 N–H and O–H groups in total. The van der Waals surface area contributed by atoms with Gasteiger partial charge in [0.2, 0.25) is 4.34 Å². The first-order valence-corrected chi connectivity index (χ1v) is 11.2. The number of nitrogens with one attached hydrogen (secondary N) is 2. The van der Waals surface area contributed by atoms with E-state index in [2.05, 4.69) is 20.7 Å². The molecule has 0 aliphatic rings. The molecule has 3 aromatic rings. The standard InChI is InChI=1S/C18H15ClN4O2S3/c19-15-4-2-1-3-13(15)10-26-17-22-23-18(28-17)27-11-16(25)21-20-9-12-5-7-14(24)8-6-12/h1-9,24H,10-11H2,(H,21,25)/b20-9+. The molecule has 0 aliphatic heterocycles. The summed E-state index contributed by atoms with van der Waals surface area (Å²) in [6.07, 6.45) is 1.49. The van der Waals surface area contributed by atoms with E-state index in [4.69, 9.17) is 11.6 Å². The lowest BCUT2D eigenvalue weighted by atomic mass is 10.2. The Morgan fingerprint density at radius 1 is 1.25 bits per heavy atom. The van der Waals surface area contributed by atoms with Crippen molar-refractivity contribution in [1.29, 1.82) is 0 Å². The van der Waals surface area contributed by atoms with Gasteiger partial charge in [0, 0.05) is 15.9 Å². The number of benzene rings is 2. The number of hydrogen-bond donors (Lipinski definition) is 1. The second-order valence-electron chi connectivity index (χ2n) is 5.41. The Kier molecular flexibility index (Phi) is 7.72. The van der Waals surface area contributed by atoms with Gasteiger partial charge in [0.15, 0.2) is 0 Å². The van der Waals surface area contributed by atoms with Gasteiger partial charge in [-0.1, -0.05) is 70.9 Å². The lowest BCUT2D eigenvalue weighted by molar-refractivity contribution is -0.492. The number of H-pyrrole nitrogens is 1. The van der Waals surface area contributed by atoms with E-state index in [9.17, 15) is 9.90 Å². The molecule has 3 rings (SSSR count). The number of aromatic amines is 1. The van der Waals surface area contributed by atoms with E-state index in [1.165, 1.54) is 41.4 Å². The van der Waals surface area contributed by atoms with Crippen molar-refractivity contribution in [3.63, 3.8) is 0 Å². The third kappa shape index (κ3) is 6.52. The first-order valence-electron chi connectivity index (χ1n) is 8.06. The smallest absolute Gasteiger partial charge is 0.323 e. The maximum absolute atomic E-state index is 11.9. The predicted molar refractivity (Wildman–Crippen MR) is 112 cm³/mol. The van der Waals surface area contributed by atoms with E-state index >= 15 is 0 Å². The maximum Gasteiger partial charge on any atom is 0.323 e. The third-order valence-corrected chi connectivity index (χ3v) is 7.02. The molecule has 28 heavy (non-hydrogen) atoms. The zero-order valence-electron chi connectivity index (χ0n) is 14.4. The normalized spacial score (nSPS) is 11.0. The summed E-state index contributed by atoms with van der Waals surface area (Å²) in [6.45, 7) is 0. The highest BCUT2D eigenvalue weighted by Crippen LogP contribution is 2.30. The molecule has 0 saturated heterocycles. The van der Waals surface area contributed by atoms with Crippen molar-refractivity contribution < 1.29 is 15.0 Å². The van der Waals surface area contributed by atoms with Gasteiger partial charge in [-0.2, -0.15) is 5.10 Å². The Labute approximate surface area is 179 Å². The molecule has 1 aromatic heterocycles. The van der Waals surface area contributed by atoms with Crippen molar-refractivity contribution in [2.24, 2.45) is 5.10 Å². The van der Waals surface area contributed by atoms with E-state index in [1.807, 2.05) is 24.3 Å². The zero-order chi connectivity index (χ0) is 19.8. The molecule has 10 heteroatoms. The summed E-state index contributed by atoms with van der Waals surface area (Å²) in [5, 5.41) is 22.8. The van der Waals surface area contributed by atoms with Crippen LogP contribution in [0, 0.1) is 0 Å². The average molecular weight is 451 g/mol. The molecule has 144 valence electrons. The van der Waals surface area contributed by atoms with Gasteiger partial charge in [0.25, 0.3) is 5.91 Å². The van der Waals surface area contributed by atoms with Crippen molar-refractivity contribution in [3.8, 4) is 5.75 Å². The summed E-state index contributed by atoms with van der Waals surface area (Å²) in [5.74, 6) is 0.641. The van der Waals surface area contributed by atoms with Crippen LogP contribution < -0.4 is 15.6 Å². The van der Waals surface area contributed by atoms with Crippen LogP contribution in [0.25, 0.3) is 0 Å². The van der Waals surface area contributed by atoms with Crippen molar-refractivity contribution in [2.75, 3.05) is 5.75 Å². The first-order chi connectivity index (χ1) is 13.6. The number of hydrazone groups is 1. The zero-order valence-corrected chi connectivity index (χ0v) is 17.6. The van der Waals surface area contributed by atoms with Crippen LogP contribution in [0.1, 0.15) is 11.1 Å². The summed E-state index contributed by atoms with van der Waals surface area (Å²) in [7, 11) is 0. The highest BCUT2D eigenvalue weighted by Gasteiger charge is 2.14. The minimum Gasteiger partial charge on any atom is -0.872 e. The Bertz CT molecular complexity index is 963. The van der Waals surface area contributed by atoms with E-state index in [1.54, 1.807) is 23.9 Å². The number of nitrogens with zero attached hydrogens (tertiary/aromatic N) is 2. The molecule has 0 fully saturated rings. The van der Waals surface area contributed by atoms with Gasteiger partial charge in [-0.3, -0.25) is 4.79 Å². The Balaban J connectivity index is 1.41. The van der Waals surface area contributed by atoms with Crippen LogP contribution in [0.4, 0.5) is 0 Å². The summed E-state index contributed by atoms with van der Waals surface area (Å²) in [5.41, 5.74) is 4.25. The highest BCUT2D eigenvalue weighted by atomic mass is 35.5. The van der Waals surface area contributed by atoms with E-state index in [0.29, 0.717) is 0 Å². The van der Waals surface area contributed by atoms with Crippen LogP contribution >= 0.6 is 46.5 Å². The summed E-state index contributed by atoms with van der Waals surface area (Å²) < 4.78 is 1.72. The predicted octanol–water partition coefficient (Wildman–Crippen LogP) is 3.22. The SMILES string of the molecule is O=C(CSc1n[nH+]c(SCc2ccccc2Cl)s1)N/N=C/c1ccc([O-])cc1.